The molecule has 0 unspecified atom stereocenters. The minimum Gasteiger partial charge on any atom is -0.508 e. The van der Waals surface area contributed by atoms with Crippen LogP contribution in [0.2, 0.25) is 0 Å². The van der Waals surface area contributed by atoms with E-state index < -0.39 is 0 Å². The lowest BCUT2D eigenvalue weighted by Gasteiger charge is -2.27. The number of carbonyl (C=O) groups is 2. The molecule has 6 nitrogen and oxygen atoms in total. The van der Waals surface area contributed by atoms with Crippen molar-refractivity contribution in [2.45, 2.75) is 6.04 Å². The Kier molecular flexibility index (Phi) is 3.31. The fraction of sp³-hybridized carbons (Fsp3) is 0.429. The highest BCUT2D eigenvalue weighted by Crippen LogP contribution is 2.18. The third kappa shape index (κ3) is 2.46. The zero-order valence-electron chi connectivity index (χ0n) is 10.9. The number of hydrogen-bond acceptors (Lipinski definition) is 4. The first-order valence-electron chi connectivity index (χ1n) is 6.60. The summed E-state index contributed by atoms with van der Waals surface area (Å²) in [7, 11) is 0. The molecular formula is C14H16N2O4. The molecule has 20 heavy (non-hydrogen) atoms. The van der Waals surface area contributed by atoms with Gasteiger partial charge in [0.25, 0.3) is 5.91 Å². The Morgan fingerprint density at radius 3 is 3.00 bits per heavy atom. The highest BCUT2D eigenvalue weighted by molar-refractivity contribution is 5.95. The van der Waals surface area contributed by atoms with Crippen LogP contribution < -0.4 is 5.32 Å². The van der Waals surface area contributed by atoms with Crippen molar-refractivity contribution in [1.82, 2.24) is 10.2 Å². The maximum atomic E-state index is 12.5. The summed E-state index contributed by atoms with van der Waals surface area (Å²) in [4.78, 5) is 26.0. The normalized spacial score (nSPS) is 25.8. The molecule has 1 aromatic rings. The van der Waals surface area contributed by atoms with Crippen molar-refractivity contribution >= 4 is 11.8 Å². The van der Waals surface area contributed by atoms with E-state index in [9.17, 15) is 14.7 Å². The van der Waals surface area contributed by atoms with E-state index in [1.54, 1.807) is 17.0 Å². The second kappa shape index (κ2) is 5.13. The van der Waals surface area contributed by atoms with Crippen molar-refractivity contribution < 1.29 is 19.4 Å². The van der Waals surface area contributed by atoms with Gasteiger partial charge >= 0.3 is 0 Å². The number of ether oxygens (including phenoxy) is 1. The van der Waals surface area contributed by atoms with Crippen molar-refractivity contribution in [3.05, 3.63) is 29.8 Å². The molecule has 3 rings (SSSR count). The minimum absolute atomic E-state index is 0.0568. The number of rotatable bonds is 1. The number of amides is 2. The Morgan fingerprint density at radius 2 is 2.20 bits per heavy atom. The molecule has 2 N–H and O–H groups in total. The van der Waals surface area contributed by atoms with Crippen molar-refractivity contribution in [2.75, 3.05) is 26.3 Å². The summed E-state index contributed by atoms with van der Waals surface area (Å²) in [5.41, 5.74) is 0.429. The van der Waals surface area contributed by atoms with Crippen LogP contribution in [0.5, 0.6) is 5.75 Å². The van der Waals surface area contributed by atoms with Gasteiger partial charge in [-0.25, -0.2) is 0 Å². The van der Waals surface area contributed by atoms with E-state index in [4.69, 9.17) is 4.74 Å². The van der Waals surface area contributed by atoms with Gasteiger partial charge in [-0.3, -0.25) is 9.59 Å². The van der Waals surface area contributed by atoms with Crippen LogP contribution in [0.1, 0.15) is 10.4 Å². The molecular weight excluding hydrogens is 260 g/mol. The van der Waals surface area contributed by atoms with Crippen molar-refractivity contribution in [3.8, 4) is 5.75 Å². The molecule has 2 heterocycles. The SMILES string of the molecule is O=C1N[C@@H]2COC[C@H]1CN(C(=O)c1cccc(O)c1)C2. The number of hydrogen-bond donors (Lipinski definition) is 2. The second-order valence-corrected chi connectivity index (χ2v) is 5.20. The molecule has 106 valence electrons. The zero-order valence-corrected chi connectivity index (χ0v) is 10.9. The van der Waals surface area contributed by atoms with E-state index in [0.717, 1.165) is 0 Å². The molecule has 2 aliphatic rings. The number of phenolic OH excluding ortho intramolecular Hbond substituents is 1. The predicted octanol–water partition coefficient (Wildman–Crippen LogP) is -0.0208. The Hall–Kier alpha value is -2.08. The van der Waals surface area contributed by atoms with Crippen LogP contribution in [0.25, 0.3) is 0 Å². The highest BCUT2D eigenvalue weighted by Gasteiger charge is 2.35. The van der Waals surface area contributed by atoms with Crippen LogP contribution in [-0.4, -0.2) is 54.2 Å². The molecule has 0 saturated carbocycles. The molecule has 6 heteroatoms. The van der Waals surface area contributed by atoms with Gasteiger partial charge in [0.2, 0.25) is 5.91 Å². The van der Waals surface area contributed by atoms with E-state index in [2.05, 4.69) is 5.32 Å². The number of aromatic hydroxyl groups is 1. The summed E-state index contributed by atoms with van der Waals surface area (Å²) in [5.74, 6) is -0.500. The fourth-order valence-corrected chi connectivity index (χ4v) is 2.62. The van der Waals surface area contributed by atoms with Gasteiger partial charge in [-0.1, -0.05) is 6.07 Å². The molecule has 2 fully saturated rings. The molecule has 2 aliphatic heterocycles. The Balaban J connectivity index is 1.83. The van der Waals surface area contributed by atoms with Crippen LogP contribution in [0, 0.1) is 5.92 Å². The first-order chi connectivity index (χ1) is 9.63. The second-order valence-electron chi connectivity index (χ2n) is 5.20. The van der Waals surface area contributed by atoms with E-state index in [1.165, 1.54) is 12.1 Å². The number of benzene rings is 1. The molecule has 2 atom stereocenters. The summed E-state index contributed by atoms with van der Waals surface area (Å²) >= 11 is 0. The lowest BCUT2D eigenvalue weighted by atomic mass is 10.1. The van der Waals surface area contributed by atoms with Crippen molar-refractivity contribution in [1.29, 1.82) is 0 Å². The van der Waals surface area contributed by atoms with Crippen molar-refractivity contribution in [3.63, 3.8) is 0 Å². The first kappa shape index (κ1) is 12.9. The van der Waals surface area contributed by atoms with Gasteiger partial charge in [-0.05, 0) is 18.2 Å². The fourth-order valence-electron chi connectivity index (χ4n) is 2.62. The summed E-state index contributed by atoms with van der Waals surface area (Å²) in [6, 6.07) is 6.08. The average molecular weight is 276 g/mol. The number of carbonyl (C=O) groups excluding carboxylic acids is 2. The summed E-state index contributed by atoms with van der Waals surface area (Å²) < 4.78 is 5.42. The smallest absolute Gasteiger partial charge is 0.254 e. The van der Waals surface area contributed by atoms with E-state index >= 15 is 0 Å². The number of nitrogens with zero attached hydrogens (tertiary/aromatic N) is 1. The third-order valence-electron chi connectivity index (χ3n) is 3.62. The third-order valence-corrected chi connectivity index (χ3v) is 3.62. The monoisotopic (exact) mass is 276 g/mol. The topological polar surface area (TPSA) is 78.9 Å². The molecule has 0 aliphatic carbocycles. The van der Waals surface area contributed by atoms with E-state index in [1.807, 2.05) is 0 Å². The molecule has 0 aromatic heterocycles. The minimum atomic E-state index is -0.330. The molecule has 2 saturated heterocycles. The number of fused-ring (bicyclic) bond motifs is 3. The van der Waals surface area contributed by atoms with Crippen LogP contribution in [0.15, 0.2) is 24.3 Å². The van der Waals surface area contributed by atoms with Crippen molar-refractivity contribution in [2.24, 2.45) is 5.92 Å². The standard InChI is InChI=1S/C14H16N2O4/c17-12-3-1-2-9(4-12)14(19)16-5-10-7-20-8-11(6-16)15-13(10)18/h1-4,10-11,17H,5-8H2,(H,15,18)/t10-,11+/m1/s1. The van der Waals surface area contributed by atoms with Gasteiger partial charge in [-0.15, -0.1) is 0 Å². The van der Waals surface area contributed by atoms with Gasteiger partial charge in [0.05, 0.1) is 25.2 Å². The Bertz CT molecular complexity index is 546. The average Bonchev–Trinajstić information content (AvgIpc) is 2.66. The quantitative estimate of drug-likeness (QED) is 0.755. The molecule has 2 amide bonds. The Labute approximate surface area is 116 Å². The highest BCUT2D eigenvalue weighted by atomic mass is 16.5. The van der Waals surface area contributed by atoms with Gasteiger partial charge in [0.1, 0.15) is 5.75 Å². The van der Waals surface area contributed by atoms with Gasteiger partial charge in [0, 0.05) is 18.7 Å². The van der Waals surface area contributed by atoms with Gasteiger partial charge in [-0.2, -0.15) is 0 Å². The molecule has 2 bridgehead atoms. The van der Waals surface area contributed by atoms with E-state index in [0.29, 0.717) is 31.9 Å². The zero-order chi connectivity index (χ0) is 14.1. The van der Waals surface area contributed by atoms with Gasteiger partial charge in [0.15, 0.2) is 0 Å². The van der Waals surface area contributed by atoms with Crippen LogP contribution in [0.4, 0.5) is 0 Å². The maximum Gasteiger partial charge on any atom is 0.254 e. The molecule has 1 aromatic carbocycles. The van der Waals surface area contributed by atoms with E-state index in [-0.39, 0.29) is 29.5 Å². The number of nitrogens with one attached hydrogen (secondary N) is 1. The number of phenols is 1. The Morgan fingerprint density at radius 1 is 1.35 bits per heavy atom. The maximum absolute atomic E-state index is 12.5. The summed E-state index contributed by atoms with van der Waals surface area (Å²) in [6.45, 7) is 1.53. The lowest BCUT2D eigenvalue weighted by molar-refractivity contribution is -0.125. The van der Waals surface area contributed by atoms with Gasteiger partial charge < -0.3 is 20.1 Å². The molecule has 0 spiro atoms. The molecule has 0 radical (unpaired) electrons. The lowest BCUT2D eigenvalue weighted by Crippen LogP contribution is -2.44. The van der Waals surface area contributed by atoms with Crippen LogP contribution in [-0.2, 0) is 9.53 Å². The first-order valence-corrected chi connectivity index (χ1v) is 6.60. The van der Waals surface area contributed by atoms with Crippen LogP contribution >= 0.6 is 0 Å². The predicted molar refractivity (Wildman–Crippen MR) is 70.3 cm³/mol. The van der Waals surface area contributed by atoms with Crippen LogP contribution in [0.3, 0.4) is 0 Å². The summed E-state index contributed by atoms with van der Waals surface area (Å²) in [6.07, 6.45) is 0. The largest absolute Gasteiger partial charge is 0.508 e. The summed E-state index contributed by atoms with van der Waals surface area (Å²) in [5, 5.41) is 12.3.